The van der Waals surface area contributed by atoms with Gasteiger partial charge in [-0.1, -0.05) is 44.9 Å². The molecular formula is C18H27NO2. The summed E-state index contributed by atoms with van der Waals surface area (Å²) in [6.45, 7) is 7.90. The second-order valence-electron chi connectivity index (χ2n) is 6.19. The van der Waals surface area contributed by atoms with Crippen molar-refractivity contribution >= 4 is 5.91 Å². The summed E-state index contributed by atoms with van der Waals surface area (Å²) in [6.07, 6.45) is 4.27. The minimum absolute atomic E-state index is 0.121. The highest BCUT2D eigenvalue weighted by atomic mass is 16.5. The summed E-state index contributed by atoms with van der Waals surface area (Å²) >= 11 is 0. The molecule has 0 saturated carbocycles. The molecule has 1 atom stereocenters. The van der Waals surface area contributed by atoms with Crippen molar-refractivity contribution in [2.45, 2.75) is 58.5 Å². The van der Waals surface area contributed by atoms with Gasteiger partial charge in [-0.05, 0) is 37.3 Å². The Morgan fingerprint density at radius 1 is 1.05 bits per heavy atom. The Balaban J connectivity index is 2.03. The number of carbonyl (C=O) groups excluding carboxylic acids is 1. The first-order valence-electron chi connectivity index (χ1n) is 8.14. The first-order valence-corrected chi connectivity index (χ1v) is 8.14. The number of hydrogen-bond acceptors (Lipinski definition) is 2. The van der Waals surface area contributed by atoms with Crippen molar-refractivity contribution in [3.8, 4) is 5.75 Å². The number of benzene rings is 1. The fraction of sp³-hybridized carbons (Fsp3) is 0.611. The summed E-state index contributed by atoms with van der Waals surface area (Å²) in [4.78, 5) is 14.5. The van der Waals surface area contributed by atoms with Gasteiger partial charge in [0.05, 0.1) is 0 Å². The number of likely N-dealkylation sites (tertiary alicyclic amines) is 1. The number of rotatable bonds is 4. The Kier molecular flexibility index (Phi) is 5.66. The molecule has 3 heteroatoms. The lowest BCUT2D eigenvalue weighted by molar-refractivity contribution is -0.137. The van der Waals surface area contributed by atoms with Gasteiger partial charge < -0.3 is 9.64 Å². The fourth-order valence-electron chi connectivity index (χ4n) is 2.85. The molecule has 1 aromatic carbocycles. The lowest BCUT2D eigenvalue weighted by Crippen LogP contribution is -2.41. The predicted molar refractivity (Wildman–Crippen MR) is 85.7 cm³/mol. The molecule has 1 amide bonds. The smallest absolute Gasteiger partial charge is 0.263 e. The van der Waals surface area contributed by atoms with Crippen molar-refractivity contribution in [3.63, 3.8) is 0 Å². The molecule has 2 rings (SSSR count). The van der Waals surface area contributed by atoms with Crippen LogP contribution >= 0.6 is 0 Å². The number of para-hydroxylation sites is 1. The van der Waals surface area contributed by atoms with E-state index in [4.69, 9.17) is 4.74 Å². The molecule has 1 heterocycles. The second kappa shape index (κ2) is 7.48. The van der Waals surface area contributed by atoms with E-state index in [-0.39, 0.29) is 5.91 Å². The van der Waals surface area contributed by atoms with Crippen LogP contribution < -0.4 is 4.74 Å². The Morgan fingerprint density at radius 3 is 2.29 bits per heavy atom. The quantitative estimate of drug-likeness (QED) is 0.839. The van der Waals surface area contributed by atoms with E-state index in [0.29, 0.717) is 5.92 Å². The van der Waals surface area contributed by atoms with Crippen LogP contribution in [0.1, 0.15) is 57.9 Å². The van der Waals surface area contributed by atoms with Crippen molar-refractivity contribution in [3.05, 3.63) is 29.8 Å². The van der Waals surface area contributed by atoms with Crippen molar-refractivity contribution in [2.75, 3.05) is 13.1 Å². The molecule has 1 aromatic rings. The van der Waals surface area contributed by atoms with E-state index in [1.807, 2.05) is 30.0 Å². The van der Waals surface area contributed by atoms with E-state index in [1.54, 1.807) is 0 Å². The molecule has 1 aliphatic rings. The molecule has 0 unspecified atom stereocenters. The summed E-state index contributed by atoms with van der Waals surface area (Å²) in [7, 11) is 0. The second-order valence-corrected chi connectivity index (χ2v) is 6.19. The zero-order chi connectivity index (χ0) is 15.2. The maximum Gasteiger partial charge on any atom is 0.263 e. The van der Waals surface area contributed by atoms with Gasteiger partial charge in [0, 0.05) is 13.1 Å². The molecule has 21 heavy (non-hydrogen) atoms. The van der Waals surface area contributed by atoms with Crippen molar-refractivity contribution in [2.24, 2.45) is 0 Å². The maximum atomic E-state index is 12.5. The van der Waals surface area contributed by atoms with Crippen LogP contribution in [0.5, 0.6) is 5.75 Å². The van der Waals surface area contributed by atoms with Crippen molar-refractivity contribution in [1.29, 1.82) is 0 Å². The van der Waals surface area contributed by atoms with E-state index in [1.165, 1.54) is 12.8 Å². The first-order chi connectivity index (χ1) is 10.1. The van der Waals surface area contributed by atoms with Crippen LogP contribution in [-0.2, 0) is 4.79 Å². The molecule has 0 bridgehead atoms. The monoisotopic (exact) mass is 289 g/mol. The van der Waals surface area contributed by atoms with E-state index in [0.717, 1.165) is 37.2 Å². The molecule has 1 saturated heterocycles. The van der Waals surface area contributed by atoms with Crippen LogP contribution in [0.3, 0.4) is 0 Å². The van der Waals surface area contributed by atoms with Gasteiger partial charge in [0.2, 0.25) is 0 Å². The van der Waals surface area contributed by atoms with Crippen molar-refractivity contribution in [1.82, 2.24) is 4.90 Å². The van der Waals surface area contributed by atoms with Gasteiger partial charge >= 0.3 is 0 Å². The molecule has 0 N–H and O–H groups in total. The fourth-order valence-corrected chi connectivity index (χ4v) is 2.85. The lowest BCUT2D eigenvalue weighted by atomic mass is 10.0. The van der Waals surface area contributed by atoms with Crippen LogP contribution in [0.25, 0.3) is 0 Å². The lowest BCUT2D eigenvalue weighted by Gasteiger charge is -2.25. The standard InChI is InChI=1S/C18H27NO2/c1-14(2)16-10-6-7-11-17(16)21-15(3)18(20)19-12-8-4-5-9-13-19/h6-7,10-11,14-15H,4-5,8-9,12-13H2,1-3H3/t15-/m1/s1. The molecule has 0 spiro atoms. The summed E-state index contributed by atoms with van der Waals surface area (Å²) in [5.74, 6) is 1.35. The summed E-state index contributed by atoms with van der Waals surface area (Å²) in [5.41, 5.74) is 1.16. The normalized spacial score (nSPS) is 17.4. The average Bonchev–Trinajstić information content (AvgIpc) is 2.75. The maximum absolute atomic E-state index is 12.5. The minimum Gasteiger partial charge on any atom is -0.481 e. The zero-order valence-corrected chi connectivity index (χ0v) is 13.5. The van der Waals surface area contributed by atoms with Crippen LogP contribution in [0, 0.1) is 0 Å². The number of carbonyl (C=O) groups is 1. The van der Waals surface area contributed by atoms with Gasteiger partial charge in [-0.2, -0.15) is 0 Å². The third-order valence-corrected chi connectivity index (χ3v) is 4.11. The van der Waals surface area contributed by atoms with E-state index in [9.17, 15) is 4.79 Å². The molecule has 116 valence electrons. The highest BCUT2D eigenvalue weighted by Crippen LogP contribution is 2.27. The highest BCUT2D eigenvalue weighted by Gasteiger charge is 2.23. The van der Waals surface area contributed by atoms with Gasteiger partial charge in [-0.15, -0.1) is 0 Å². The van der Waals surface area contributed by atoms with Gasteiger partial charge in [-0.3, -0.25) is 4.79 Å². The van der Waals surface area contributed by atoms with E-state index >= 15 is 0 Å². The Bertz CT molecular complexity index is 462. The molecule has 0 aromatic heterocycles. The third-order valence-electron chi connectivity index (χ3n) is 4.11. The largest absolute Gasteiger partial charge is 0.481 e. The predicted octanol–water partition coefficient (Wildman–Crippen LogP) is 3.98. The molecular weight excluding hydrogens is 262 g/mol. The summed E-state index contributed by atoms with van der Waals surface area (Å²) < 4.78 is 5.97. The van der Waals surface area contributed by atoms with E-state index in [2.05, 4.69) is 19.9 Å². The number of amides is 1. The summed E-state index contributed by atoms with van der Waals surface area (Å²) in [6, 6.07) is 8.01. The van der Waals surface area contributed by atoms with Crippen LogP contribution in [-0.4, -0.2) is 30.0 Å². The molecule has 1 fully saturated rings. The minimum atomic E-state index is -0.414. The van der Waals surface area contributed by atoms with Crippen LogP contribution in [0.15, 0.2) is 24.3 Å². The van der Waals surface area contributed by atoms with Gasteiger partial charge in [0.25, 0.3) is 5.91 Å². The van der Waals surface area contributed by atoms with Crippen molar-refractivity contribution < 1.29 is 9.53 Å². The van der Waals surface area contributed by atoms with Crippen LogP contribution in [0.4, 0.5) is 0 Å². The SMILES string of the molecule is CC(C)c1ccccc1O[C@H](C)C(=O)N1CCCCCC1. The number of nitrogens with zero attached hydrogens (tertiary/aromatic N) is 1. The van der Waals surface area contributed by atoms with Gasteiger partial charge in [-0.25, -0.2) is 0 Å². The molecule has 1 aliphatic heterocycles. The third kappa shape index (κ3) is 4.23. The highest BCUT2D eigenvalue weighted by molar-refractivity contribution is 5.81. The first kappa shape index (κ1) is 15.9. The van der Waals surface area contributed by atoms with E-state index < -0.39 is 6.10 Å². The molecule has 0 radical (unpaired) electrons. The Hall–Kier alpha value is -1.51. The molecule has 0 aliphatic carbocycles. The average molecular weight is 289 g/mol. The van der Waals surface area contributed by atoms with Crippen LogP contribution in [0.2, 0.25) is 0 Å². The van der Waals surface area contributed by atoms with Gasteiger partial charge in [0.15, 0.2) is 6.10 Å². The molecule has 3 nitrogen and oxygen atoms in total. The number of ether oxygens (including phenoxy) is 1. The Morgan fingerprint density at radius 2 is 1.67 bits per heavy atom. The zero-order valence-electron chi connectivity index (χ0n) is 13.5. The summed E-state index contributed by atoms with van der Waals surface area (Å²) in [5, 5.41) is 0. The van der Waals surface area contributed by atoms with Gasteiger partial charge in [0.1, 0.15) is 5.75 Å². The number of hydrogen-bond donors (Lipinski definition) is 0. The topological polar surface area (TPSA) is 29.5 Å². The Labute approximate surface area is 128 Å².